The molecule has 0 N–H and O–H groups in total. The van der Waals surface area contributed by atoms with Crippen LogP contribution in [-0.4, -0.2) is 6.21 Å². The van der Waals surface area contributed by atoms with Crippen LogP contribution in [0.25, 0.3) is 0 Å². The number of para-hydroxylation sites is 1. The van der Waals surface area contributed by atoms with E-state index in [0.29, 0.717) is 0 Å². The molecule has 1 aromatic rings. The van der Waals surface area contributed by atoms with Crippen molar-refractivity contribution in [3.05, 3.63) is 29.8 Å². The van der Waals surface area contributed by atoms with Crippen molar-refractivity contribution >= 4 is 23.5 Å². The maximum atomic E-state index is 5.89. The van der Waals surface area contributed by atoms with Crippen LogP contribution in [0.15, 0.2) is 29.3 Å². The quantitative estimate of drug-likeness (QED) is 0.506. The second kappa shape index (κ2) is 2.10. The summed E-state index contributed by atoms with van der Waals surface area (Å²) in [6.07, 6.45) is 1.76. The van der Waals surface area contributed by atoms with Gasteiger partial charge in [0.2, 0.25) is 0 Å². The number of fused-ring (bicyclic) bond motifs is 1. The maximum Gasteiger partial charge on any atom is 0.0958 e. The van der Waals surface area contributed by atoms with Crippen LogP contribution in [0.4, 0.5) is 5.69 Å². The van der Waals surface area contributed by atoms with Crippen molar-refractivity contribution in [2.45, 2.75) is 5.38 Å². The van der Waals surface area contributed by atoms with E-state index in [2.05, 4.69) is 4.99 Å². The van der Waals surface area contributed by atoms with E-state index >= 15 is 0 Å². The van der Waals surface area contributed by atoms with Crippen molar-refractivity contribution in [3.63, 3.8) is 0 Å². The van der Waals surface area contributed by atoms with Gasteiger partial charge in [0.15, 0.2) is 0 Å². The fourth-order valence-corrected chi connectivity index (χ4v) is 1.31. The molecule has 2 heteroatoms. The van der Waals surface area contributed by atoms with Crippen molar-refractivity contribution in [1.82, 2.24) is 0 Å². The Hall–Kier alpha value is -0.820. The van der Waals surface area contributed by atoms with Gasteiger partial charge in [-0.3, -0.25) is 4.99 Å². The second-order valence-electron chi connectivity index (χ2n) is 2.24. The Kier molecular flexibility index (Phi) is 1.24. The Balaban J connectivity index is 2.59. The van der Waals surface area contributed by atoms with Crippen molar-refractivity contribution in [2.24, 2.45) is 4.99 Å². The van der Waals surface area contributed by atoms with Gasteiger partial charge in [0.05, 0.1) is 11.1 Å². The molecular weight excluding hydrogens is 146 g/mol. The SMILES string of the molecule is Cl[C@@H]1C=Nc2ccccc21. The molecule has 0 radical (unpaired) electrons. The highest BCUT2D eigenvalue weighted by Gasteiger charge is 2.13. The monoisotopic (exact) mass is 151 g/mol. The average molecular weight is 152 g/mol. The fraction of sp³-hybridized carbons (Fsp3) is 0.125. The molecule has 1 aliphatic rings. The van der Waals surface area contributed by atoms with Gasteiger partial charge < -0.3 is 0 Å². The van der Waals surface area contributed by atoms with E-state index in [1.165, 1.54) is 0 Å². The Morgan fingerprint density at radius 3 is 2.90 bits per heavy atom. The summed E-state index contributed by atoms with van der Waals surface area (Å²) in [4.78, 5) is 4.12. The minimum absolute atomic E-state index is 0.0174. The van der Waals surface area contributed by atoms with E-state index < -0.39 is 0 Å². The molecule has 50 valence electrons. The van der Waals surface area contributed by atoms with Crippen LogP contribution in [0, 0.1) is 0 Å². The van der Waals surface area contributed by atoms with Gasteiger partial charge in [-0.2, -0.15) is 0 Å². The summed E-state index contributed by atoms with van der Waals surface area (Å²) in [7, 11) is 0. The number of alkyl halides is 1. The van der Waals surface area contributed by atoms with Gasteiger partial charge in [0, 0.05) is 11.8 Å². The van der Waals surface area contributed by atoms with E-state index in [9.17, 15) is 0 Å². The van der Waals surface area contributed by atoms with E-state index in [1.807, 2.05) is 24.3 Å². The molecule has 0 saturated carbocycles. The number of hydrogen-bond acceptors (Lipinski definition) is 1. The van der Waals surface area contributed by atoms with E-state index in [-0.39, 0.29) is 5.38 Å². The summed E-state index contributed by atoms with van der Waals surface area (Å²) < 4.78 is 0. The summed E-state index contributed by atoms with van der Waals surface area (Å²) in [5.41, 5.74) is 2.12. The average Bonchev–Trinajstić information content (AvgIpc) is 2.34. The molecule has 1 heterocycles. The molecule has 2 rings (SSSR count). The summed E-state index contributed by atoms with van der Waals surface area (Å²) >= 11 is 5.89. The lowest BCUT2D eigenvalue weighted by Crippen LogP contribution is -1.82. The highest BCUT2D eigenvalue weighted by Crippen LogP contribution is 2.33. The predicted molar refractivity (Wildman–Crippen MR) is 43.2 cm³/mol. The molecule has 1 aromatic carbocycles. The molecule has 0 aromatic heterocycles. The molecule has 1 nitrogen and oxygen atoms in total. The van der Waals surface area contributed by atoms with Crippen LogP contribution < -0.4 is 0 Å². The fourth-order valence-electron chi connectivity index (χ4n) is 1.06. The lowest BCUT2D eigenvalue weighted by molar-refractivity contribution is 1.36. The van der Waals surface area contributed by atoms with Gasteiger partial charge in [0.1, 0.15) is 0 Å². The zero-order chi connectivity index (χ0) is 6.97. The third-order valence-corrected chi connectivity index (χ3v) is 1.93. The van der Waals surface area contributed by atoms with E-state index in [4.69, 9.17) is 11.6 Å². The number of hydrogen-bond donors (Lipinski definition) is 0. The lowest BCUT2D eigenvalue weighted by atomic mass is 10.2. The first kappa shape index (κ1) is 5.93. The van der Waals surface area contributed by atoms with Gasteiger partial charge in [-0.05, 0) is 6.07 Å². The van der Waals surface area contributed by atoms with Crippen molar-refractivity contribution in [3.8, 4) is 0 Å². The lowest BCUT2D eigenvalue weighted by Gasteiger charge is -1.97. The Labute approximate surface area is 64.4 Å². The Bertz CT molecular complexity index is 280. The van der Waals surface area contributed by atoms with Crippen LogP contribution in [0.2, 0.25) is 0 Å². The summed E-state index contributed by atoms with van der Waals surface area (Å²) in [5, 5.41) is -0.0174. The highest BCUT2D eigenvalue weighted by atomic mass is 35.5. The van der Waals surface area contributed by atoms with Crippen molar-refractivity contribution in [2.75, 3.05) is 0 Å². The summed E-state index contributed by atoms with van der Waals surface area (Å²) in [6, 6.07) is 7.90. The minimum Gasteiger partial charge on any atom is -0.259 e. The molecule has 0 saturated heterocycles. The second-order valence-corrected chi connectivity index (χ2v) is 2.71. The van der Waals surface area contributed by atoms with Gasteiger partial charge in [0.25, 0.3) is 0 Å². The summed E-state index contributed by atoms with van der Waals surface area (Å²) in [6.45, 7) is 0. The largest absolute Gasteiger partial charge is 0.259 e. The molecule has 0 bridgehead atoms. The normalized spacial score (nSPS) is 21.1. The first-order chi connectivity index (χ1) is 4.88. The molecular formula is C8H6ClN. The van der Waals surface area contributed by atoms with Crippen molar-refractivity contribution < 1.29 is 0 Å². The number of benzene rings is 1. The number of halogens is 1. The summed E-state index contributed by atoms with van der Waals surface area (Å²) in [5.74, 6) is 0. The smallest absolute Gasteiger partial charge is 0.0958 e. The molecule has 0 fully saturated rings. The number of rotatable bonds is 0. The molecule has 10 heavy (non-hydrogen) atoms. The molecule has 1 atom stereocenters. The Morgan fingerprint density at radius 2 is 2.10 bits per heavy atom. The molecule has 0 unspecified atom stereocenters. The van der Waals surface area contributed by atoms with Crippen LogP contribution in [-0.2, 0) is 0 Å². The maximum absolute atomic E-state index is 5.89. The first-order valence-corrected chi connectivity index (χ1v) is 3.59. The third-order valence-electron chi connectivity index (χ3n) is 1.58. The van der Waals surface area contributed by atoms with Crippen LogP contribution in [0.1, 0.15) is 10.9 Å². The standard InChI is InChI=1S/C8H6ClN/c9-7-5-10-8-4-2-1-3-6(7)8/h1-5,7H/t7-/m1/s1. The van der Waals surface area contributed by atoms with Crippen LogP contribution >= 0.6 is 11.6 Å². The Morgan fingerprint density at radius 1 is 1.30 bits per heavy atom. The van der Waals surface area contributed by atoms with Gasteiger partial charge in [-0.1, -0.05) is 18.2 Å². The number of aliphatic imine (C=N–C) groups is 1. The van der Waals surface area contributed by atoms with Crippen molar-refractivity contribution in [1.29, 1.82) is 0 Å². The minimum atomic E-state index is -0.0174. The van der Waals surface area contributed by atoms with Crippen LogP contribution in [0.3, 0.4) is 0 Å². The van der Waals surface area contributed by atoms with Gasteiger partial charge >= 0.3 is 0 Å². The topological polar surface area (TPSA) is 12.4 Å². The van der Waals surface area contributed by atoms with Gasteiger partial charge in [-0.15, -0.1) is 11.6 Å². The zero-order valence-electron chi connectivity index (χ0n) is 5.29. The van der Waals surface area contributed by atoms with E-state index in [1.54, 1.807) is 6.21 Å². The predicted octanol–water partition coefficient (Wildman–Crippen LogP) is 2.68. The van der Waals surface area contributed by atoms with Crippen LogP contribution in [0.5, 0.6) is 0 Å². The molecule has 0 aliphatic carbocycles. The molecule has 1 aliphatic heterocycles. The number of nitrogens with zero attached hydrogens (tertiary/aromatic N) is 1. The highest BCUT2D eigenvalue weighted by molar-refractivity contribution is 6.29. The van der Waals surface area contributed by atoms with Gasteiger partial charge in [-0.25, -0.2) is 0 Å². The molecule has 0 amide bonds. The zero-order valence-corrected chi connectivity index (χ0v) is 6.05. The first-order valence-electron chi connectivity index (χ1n) is 3.15. The van der Waals surface area contributed by atoms with E-state index in [0.717, 1.165) is 11.3 Å². The molecule has 0 spiro atoms. The third kappa shape index (κ3) is 0.745.